The number of amides is 1. The van der Waals surface area contributed by atoms with Crippen LogP contribution in [0.4, 0.5) is 0 Å². The second kappa shape index (κ2) is 8.66. The van der Waals surface area contributed by atoms with Crippen molar-refractivity contribution in [1.29, 1.82) is 0 Å². The topological polar surface area (TPSA) is 29.1 Å². The van der Waals surface area contributed by atoms with Gasteiger partial charge in [0.1, 0.15) is 0 Å². The number of nitrogens with one attached hydrogen (secondary N) is 1. The molecule has 2 nitrogen and oxygen atoms in total. The van der Waals surface area contributed by atoms with Crippen LogP contribution in [0.3, 0.4) is 0 Å². The van der Waals surface area contributed by atoms with Gasteiger partial charge in [0.15, 0.2) is 0 Å². The molecule has 0 radical (unpaired) electrons. The van der Waals surface area contributed by atoms with E-state index in [1.165, 1.54) is 5.57 Å². The Labute approximate surface area is 130 Å². The summed E-state index contributed by atoms with van der Waals surface area (Å²) in [5, 5.41) is 3.06. The molecule has 0 aliphatic heterocycles. The molecule has 0 spiro atoms. The van der Waals surface area contributed by atoms with Crippen LogP contribution < -0.4 is 5.32 Å². The van der Waals surface area contributed by atoms with Gasteiger partial charge in [-0.05, 0) is 53.5 Å². The highest BCUT2D eigenvalue weighted by atomic mass is 16.2. The van der Waals surface area contributed by atoms with Gasteiger partial charge in [-0.2, -0.15) is 0 Å². The van der Waals surface area contributed by atoms with Crippen molar-refractivity contribution in [3.8, 4) is 0 Å². The monoisotopic (exact) mass is 289 g/mol. The molecule has 0 aliphatic carbocycles. The molecule has 0 bridgehead atoms. The molecule has 0 aromatic rings. The average molecular weight is 289 g/mol. The molecule has 1 amide bonds. The SMILES string of the molecule is C=C(C)C(CC)NC(=O)C(C)(C)C=CC(C=C(C)C)=CC. The third kappa shape index (κ3) is 7.12. The lowest BCUT2D eigenvalue weighted by atomic mass is 9.90. The Balaban J connectivity index is 5.00. The Kier molecular flexibility index (Phi) is 8.01. The molecule has 0 fully saturated rings. The summed E-state index contributed by atoms with van der Waals surface area (Å²) in [4.78, 5) is 12.4. The Bertz CT molecular complexity index is 460. The van der Waals surface area contributed by atoms with Crippen LogP contribution in [0.15, 0.2) is 47.6 Å². The summed E-state index contributed by atoms with van der Waals surface area (Å²) in [6.45, 7) is 17.9. The lowest BCUT2D eigenvalue weighted by Crippen LogP contribution is -2.42. The van der Waals surface area contributed by atoms with E-state index in [9.17, 15) is 4.79 Å². The van der Waals surface area contributed by atoms with Crippen molar-refractivity contribution in [2.75, 3.05) is 0 Å². The molecule has 0 heterocycles. The van der Waals surface area contributed by atoms with Crippen molar-refractivity contribution in [1.82, 2.24) is 5.32 Å². The summed E-state index contributed by atoms with van der Waals surface area (Å²) >= 11 is 0. The van der Waals surface area contributed by atoms with E-state index < -0.39 is 5.41 Å². The molecule has 2 heteroatoms. The number of rotatable bonds is 7. The maximum absolute atomic E-state index is 12.4. The van der Waals surface area contributed by atoms with Gasteiger partial charge in [-0.1, -0.05) is 49.0 Å². The third-order valence-corrected chi connectivity index (χ3v) is 3.37. The number of hydrogen-bond acceptors (Lipinski definition) is 1. The van der Waals surface area contributed by atoms with Gasteiger partial charge in [-0.15, -0.1) is 0 Å². The Morgan fingerprint density at radius 3 is 2.24 bits per heavy atom. The molecule has 0 saturated carbocycles. The zero-order valence-electron chi connectivity index (χ0n) is 14.7. The van der Waals surface area contributed by atoms with Gasteiger partial charge in [0, 0.05) is 6.04 Å². The van der Waals surface area contributed by atoms with Crippen LogP contribution in [0.2, 0.25) is 0 Å². The molecule has 118 valence electrons. The first-order chi connectivity index (χ1) is 9.63. The molecular formula is C19H31NO. The molecule has 0 aromatic carbocycles. The highest BCUT2D eigenvalue weighted by molar-refractivity contribution is 5.84. The van der Waals surface area contributed by atoms with Crippen molar-refractivity contribution in [3.63, 3.8) is 0 Å². The Morgan fingerprint density at radius 1 is 1.29 bits per heavy atom. The van der Waals surface area contributed by atoms with E-state index in [-0.39, 0.29) is 11.9 Å². The largest absolute Gasteiger partial charge is 0.349 e. The summed E-state index contributed by atoms with van der Waals surface area (Å²) in [5.74, 6) is 0.0289. The first kappa shape index (κ1) is 19.4. The van der Waals surface area contributed by atoms with E-state index in [2.05, 4.69) is 38.7 Å². The number of carbonyl (C=O) groups excluding carboxylic acids is 1. The van der Waals surface area contributed by atoms with Crippen LogP contribution in [0.25, 0.3) is 0 Å². The van der Waals surface area contributed by atoms with Gasteiger partial charge in [-0.25, -0.2) is 0 Å². The van der Waals surface area contributed by atoms with E-state index in [0.29, 0.717) is 0 Å². The molecule has 1 unspecified atom stereocenters. The summed E-state index contributed by atoms with van der Waals surface area (Å²) in [6.07, 6.45) is 8.97. The molecule has 1 N–H and O–H groups in total. The third-order valence-electron chi connectivity index (χ3n) is 3.37. The van der Waals surface area contributed by atoms with Crippen molar-refractivity contribution >= 4 is 5.91 Å². The minimum atomic E-state index is -0.549. The average Bonchev–Trinajstić information content (AvgIpc) is 2.39. The van der Waals surface area contributed by atoms with E-state index in [1.807, 2.05) is 45.9 Å². The molecule has 0 rings (SSSR count). The van der Waals surface area contributed by atoms with Gasteiger partial charge >= 0.3 is 0 Å². The smallest absolute Gasteiger partial charge is 0.229 e. The maximum atomic E-state index is 12.4. The predicted octanol–water partition coefficient (Wildman–Crippen LogP) is 4.95. The second-order valence-corrected chi connectivity index (χ2v) is 6.35. The quantitative estimate of drug-likeness (QED) is 0.521. The molecule has 0 aromatic heterocycles. The highest BCUT2D eigenvalue weighted by Crippen LogP contribution is 2.20. The number of allylic oxidation sites excluding steroid dienone is 5. The molecule has 1 atom stereocenters. The molecular weight excluding hydrogens is 258 g/mol. The van der Waals surface area contributed by atoms with Crippen LogP contribution in [-0.4, -0.2) is 11.9 Å². The lowest BCUT2D eigenvalue weighted by molar-refractivity contribution is -0.127. The van der Waals surface area contributed by atoms with Crippen molar-refractivity contribution < 1.29 is 4.79 Å². The zero-order chi connectivity index (χ0) is 16.6. The fourth-order valence-electron chi connectivity index (χ4n) is 1.86. The van der Waals surface area contributed by atoms with E-state index in [1.54, 1.807) is 0 Å². The number of carbonyl (C=O) groups is 1. The highest BCUT2D eigenvalue weighted by Gasteiger charge is 2.26. The predicted molar refractivity (Wildman–Crippen MR) is 93.1 cm³/mol. The standard InChI is InChI=1S/C19H31NO/c1-9-16(13-14(3)4)11-12-19(7,8)18(21)20-17(10-2)15(5)6/h9,11-13,17H,5,10H2,1-4,6-8H3,(H,20,21). The lowest BCUT2D eigenvalue weighted by Gasteiger charge is -2.24. The van der Waals surface area contributed by atoms with Crippen molar-refractivity contribution in [3.05, 3.63) is 47.6 Å². The summed E-state index contributed by atoms with van der Waals surface area (Å²) in [7, 11) is 0. The van der Waals surface area contributed by atoms with Crippen LogP contribution in [0.5, 0.6) is 0 Å². The minimum absolute atomic E-state index is 0.0289. The Morgan fingerprint density at radius 2 is 1.86 bits per heavy atom. The summed E-state index contributed by atoms with van der Waals surface area (Å²) in [6, 6.07) is 0.0455. The zero-order valence-corrected chi connectivity index (χ0v) is 14.7. The Hall–Kier alpha value is -1.57. The first-order valence-corrected chi connectivity index (χ1v) is 7.60. The molecule has 0 saturated heterocycles. The van der Waals surface area contributed by atoms with Crippen LogP contribution in [0, 0.1) is 5.41 Å². The minimum Gasteiger partial charge on any atom is -0.349 e. The van der Waals surface area contributed by atoms with Gasteiger partial charge in [-0.3, -0.25) is 4.79 Å². The van der Waals surface area contributed by atoms with E-state index in [4.69, 9.17) is 0 Å². The molecule has 0 aliphatic rings. The fourth-order valence-corrected chi connectivity index (χ4v) is 1.86. The van der Waals surface area contributed by atoms with Crippen molar-refractivity contribution in [2.45, 2.75) is 60.9 Å². The fraction of sp³-hybridized carbons (Fsp3) is 0.526. The van der Waals surface area contributed by atoms with Gasteiger partial charge < -0.3 is 5.32 Å². The van der Waals surface area contributed by atoms with Crippen LogP contribution >= 0.6 is 0 Å². The second-order valence-electron chi connectivity index (χ2n) is 6.35. The van der Waals surface area contributed by atoms with Gasteiger partial charge in [0.2, 0.25) is 5.91 Å². The van der Waals surface area contributed by atoms with E-state index >= 15 is 0 Å². The first-order valence-electron chi connectivity index (χ1n) is 7.60. The van der Waals surface area contributed by atoms with Gasteiger partial charge in [0.05, 0.1) is 5.41 Å². The van der Waals surface area contributed by atoms with E-state index in [0.717, 1.165) is 17.6 Å². The van der Waals surface area contributed by atoms with Crippen LogP contribution in [-0.2, 0) is 4.79 Å². The van der Waals surface area contributed by atoms with Gasteiger partial charge in [0.25, 0.3) is 0 Å². The number of hydrogen-bond donors (Lipinski definition) is 1. The summed E-state index contributed by atoms with van der Waals surface area (Å²) in [5.41, 5.74) is 2.79. The summed E-state index contributed by atoms with van der Waals surface area (Å²) < 4.78 is 0. The van der Waals surface area contributed by atoms with Crippen molar-refractivity contribution in [2.24, 2.45) is 5.41 Å². The maximum Gasteiger partial charge on any atom is 0.229 e. The van der Waals surface area contributed by atoms with Crippen LogP contribution in [0.1, 0.15) is 54.9 Å². The normalized spacial score (nSPS) is 14.0. The molecule has 21 heavy (non-hydrogen) atoms.